The van der Waals surface area contributed by atoms with Crippen LogP contribution in [0.1, 0.15) is 37.3 Å². The van der Waals surface area contributed by atoms with Gasteiger partial charge >= 0.3 is 0 Å². The molecule has 1 atom stereocenters. The van der Waals surface area contributed by atoms with Gasteiger partial charge in [-0.1, -0.05) is 86.5 Å². The molecule has 2 aromatic rings. The SMILES string of the molecule is CCCCC(O)/C=C(/CNCc1ccccc1)c1ccccc1. The van der Waals surface area contributed by atoms with Gasteiger partial charge in [-0.05, 0) is 23.1 Å². The summed E-state index contributed by atoms with van der Waals surface area (Å²) in [6, 6.07) is 20.7. The average Bonchev–Trinajstić information content (AvgIpc) is 2.61. The van der Waals surface area contributed by atoms with Crippen LogP contribution in [0.3, 0.4) is 0 Å². The van der Waals surface area contributed by atoms with Gasteiger partial charge in [0, 0.05) is 13.1 Å². The first-order chi connectivity index (χ1) is 11.3. The summed E-state index contributed by atoms with van der Waals surface area (Å²) in [4.78, 5) is 0. The van der Waals surface area contributed by atoms with Gasteiger partial charge in [0.25, 0.3) is 0 Å². The molecule has 2 aromatic carbocycles. The largest absolute Gasteiger partial charge is 0.389 e. The predicted molar refractivity (Wildman–Crippen MR) is 98.1 cm³/mol. The summed E-state index contributed by atoms with van der Waals surface area (Å²) in [6.07, 6.45) is 4.62. The predicted octanol–water partition coefficient (Wildman–Crippen LogP) is 4.41. The van der Waals surface area contributed by atoms with Gasteiger partial charge in [0.2, 0.25) is 0 Å². The highest BCUT2D eigenvalue weighted by atomic mass is 16.3. The van der Waals surface area contributed by atoms with Crippen molar-refractivity contribution in [2.45, 2.75) is 38.8 Å². The molecular weight excluding hydrogens is 282 g/mol. The number of aliphatic hydroxyl groups excluding tert-OH is 1. The minimum absolute atomic E-state index is 0.372. The van der Waals surface area contributed by atoms with E-state index in [0.29, 0.717) is 0 Å². The highest BCUT2D eigenvalue weighted by Crippen LogP contribution is 2.16. The summed E-state index contributed by atoms with van der Waals surface area (Å²) in [6.45, 7) is 3.73. The molecule has 122 valence electrons. The lowest BCUT2D eigenvalue weighted by molar-refractivity contribution is 0.209. The van der Waals surface area contributed by atoms with Gasteiger partial charge in [-0.15, -0.1) is 0 Å². The standard InChI is InChI=1S/C21H27NO/c1-2-3-14-21(23)15-20(19-12-8-5-9-13-19)17-22-16-18-10-6-4-7-11-18/h4-13,15,21-23H,2-3,14,16-17H2,1H3/b20-15-. The Morgan fingerprint density at radius 2 is 1.70 bits per heavy atom. The third kappa shape index (κ3) is 6.39. The van der Waals surface area contributed by atoms with Crippen LogP contribution in [0.25, 0.3) is 5.57 Å². The molecule has 0 bridgehead atoms. The first kappa shape index (κ1) is 17.5. The maximum Gasteiger partial charge on any atom is 0.0727 e. The van der Waals surface area contributed by atoms with Crippen LogP contribution in [0, 0.1) is 0 Å². The molecule has 0 aliphatic heterocycles. The fourth-order valence-corrected chi connectivity index (χ4v) is 2.58. The van der Waals surface area contributed by atoms with Crippen LogP contribution < -0.4 is 5.32 Å². The number of unbranched alkanes of at least 4 members (excludes halogenated alkanes) is 1. The van der Waals surface area contributed by atoms with Crippen molar-refractivity contribution in [2.75, 3.05) is 6.54 Å². The molecule has 2 N–H and O–H groups in total. The number of hydrogen-bond acceptors (Lipinski definition) is 2. The van der Waals surface area contributed by atoms with Crippen molar-refractivity contribution in [1.82, 2.24) is 5.32 Å². The van der Waals surface area contributed by atoms with Crippen molar-refractivity contribution >= 4 is 5.57 Å². The summed E-state index contributed by atoms with van der Waals surface area (Å²) in [5.41, 5.74) is 3.60. The zero-order chi connectivity index (χ0) is 16.3. The van der Waals surface area contributed by atoms with Gasteiger partial charge in [-0.3, -0.25) is 0 Å². The summed E-state index contributed by atoms with van der Waals surface area (Å²) < 4.78 is 0. The molecule has 0 radical (unpaired) electrons. The normalized spacial score (nSPS) is 13.0. The molecule has 2 heteroatoms. The molecule has 0 amide bonds. The molecule has 0 aliphatic carbocycles. The van der Waals surface area contributed by atoms with E-state index in [1.807, 2.05) is 30.3 Å². The molecule has 0 aliphatic rings. The summed E-state index contributed by atoms with van der Waals surface area (Å²) in [5.74, 6) is 0. The Labute approximate surface area is 139 Å². The van der Waals surface area contributed by atoms with E-state index >= 15 is 0 Å². The van der Waals surface area contributed by atoms with Gasteiger partial charge in [-0.25, -0.2) is 0 Å². The summed E-state index contributed by atoms with van der Waals surface area (Å²) in [5, 5.41) is 13.7. The first-order valence-electron chi connectivity index (χ1n) is 8.48. The highest BCUT2D eigenvalue weighted by Gasteiger charge is 2.06. The van der Waals surface area contributed by atoms with Crippen LogP contribution in [0.15, 0.2) is 66.7 Å². The van der Waals surface area contributed by atoms with Crippen LogP contribution in [-0.4, -0.2) is 17.8 Å². The van der Waals surface area contributed by atoms with Gasteiger partial charge in [0.15, 0.2) is 0 Å². The fraction of sp³-hybridized carbons (Fsp3) is 0.333. The van der Waals surface area contributed by atoms with Gasteiger partial charge in [-0.2, -0.15) is 0 Å². The van der Waals surface area contributed by atoms with Crippen LogP contribution in [0.5, 0.6) is 0 Å². The van der Waals surface area contributed by atoms with Crippen molar-refractivity contribution in [2.24, 2.45) is 0 Å². The molecule has 23 heavy (non-hydrogen) atoms. The molecule has 0 saturated heterocycles. The van der Waals surface area contributed by atoms with E-state index < -0.39 is 0 Å². The smallest absolute Gasteiger partial charge is 0.0727 e. The van der Waals surface area contributed by atoms with Crippen molar-refractivity contribution in [1.29, 1.82) is 0 Å². The van der Waals surface area contributed by atoms with Crippen LogP contribution >= 0.6 is 0 Å². The van der Waals surface area contributed by atoms with E-state index in [2.05, 4.69) is 48.6 Å². The maximum atomic E-state index is 10.2. The van der Waals surface area contributed by atoms with E-state index in [1.165, 1.54) is 11.1 Å². The third-order valence-corrected chi connectivity index (χ3v) is 3.88. The molecule has 0 saturated carbocycles. The Kier molecular flexibility index (Phi) is 7.58. The second-order valence-electron chi connectivity index (χ2n) is 5.86. The molecule has 0 heterocycles. The number of aliphatic hydroxyl groups is 1. The number of rotatable bonds is 9. The molecule has 0 spiro atoms. The topological polar surface area (TPSA) is 32.3 Å². The molecule has 2 nitrogen and oxygen atoms in total. The summed E-state index contributed by atoms with van der Waals surface area (Å²) >= 11 is 0. The van der Waals surface area contributed by atoms with Crippen LogP contribution in [0.4, 0.5) is 0 Å². The monoisotopic (exact) mass is 309 g/mol. The lowest BCUT2D eigenvalue weighted by atomic mass is 10.0. The Morgan fingerprint density at radius 1 is 1.04 bits per heavy atom. The van der Waals surface area contributed by atoms with E-state index in [1.54, 1.807) is 0 Å². The molecule has 0 aromatic heterocycles. The van der Waals surface area contributed by atoms with E-state index in [-0.39, 0.29) is 6.10 Å². The van der Waals surface area contributed by atoms with Crippen molar-refractivity contribution in [3.63, 3.8) is 0 Å². The number of benzene rings is 2. The molecule has 0 fully saturated rings. The molecule has 1 unspecified atom stereocenters. The molecule has 2 rings (SSSR count). The van der Waals surface area contributed by atoms with Gasteiger partial charge in [0.1, 0.15) is 0 Å². The third-order valence-electron chi connectivity index (χ3n) is 3.88. The number of hydrogen-bond donors (Lipinski definition) is 2. The Balaban J connectivity index is 2.00. The average molecular weight is 309 g/mol. The van der Waals surface area contributed by atoms with Gasteiger partial charge < -0.3 is 10.4 Å². The van der Waals surface area contributed by atoms with Crippen molar-refractivity contribution in [3.05, 3.63) is 77.9 Å². The zero-order valence-corrected chi connectivity index (χ0v) is 13.9. The second-order valence-corrected chi connectivity index (χ2v) is 5.86. The van der Waals surface area contributed by atoms with Crippen molar-refractivity contribution in [3.8, 4) is 0 Å². The zero-order valence-electron chi connectivity index (χ0n) is 13.9. The summed E-state index contributed by atoms with van der Waals surface area (Å²) in [7, 11) is 0. The minimum Gasteiger partial charge on any atom is -0.389 e. The van der Waals surface area contributed by atoms with E-state index in [0.717, 1.165) is 37.9 Å². The lowest BCUT2D eigenvalue weighted by Crippen LogP contribution is -2.17. The Morgan fingerprint density at radius 3 is 2.35 bits per heavy atom. The van der Waals surface area contributed by atoms with Gasteiger partial charge in [0.05, 0.1) is 6.10 Å². The van der Waals surface area contributed by atoms with E-state index in [9.17, 15) is 5.11 Å². The second kappa shape index (κ2) is 9.98. The van der Waals surface area contributed by atoms with Crippen LogP contribution in [-0.2, 0) is 6.54 Å². The Hall–Kier alpha value is -1.90. The first-order valence-corrected chi connectivity index (χ1v) is 8.48. The van der Waals surface area contributed by atoms with E-state index in [4.69, 9.17) is 0 Å². The molecular formula is C21H27NO. The quantitative estimate of drug-likeness (QED) is 0.719. The lowest BCUT2D eigenvalue weighted by Gasteiger charge is -2.13. The number of nitrogens with one attached hydrogen (secondary N) is 1. The minimum atomic E-state index is -0.372. The fourth-order valence-electron chi connectivity index (χ4n) is 2.58. The van der Waals surface area contributed by atoms with Crippen LogP contribution in [0.2, 0.25) is 0 Å². The highest BCUT2D eigenvalue weighted by molar-refractivity contribution is 5.67. The maximum absolute atomic E-state index is 10.2. The Bertz CT molecular complexity index is 577. The van der Waals surface area contributed by atoms with Crippen molar-refractivity contribution < 1.29 is 5.11 Å².